The second kappa shape index (κ2) is 5.96. The van der Waals surface area contributed by atoms with Crippen LogP contribution in [0.1, 0.15) is 20.3 Å². The second-order valence-electron chi connectivity index (χ2n) is 4.22. The predicted molar refractivity (Wildman–Crippen MR) is 60.3 cm³/mol. The largest absolute Gasteiger partial charge is 0.475 e. The number of aliphatic carboxylic acids is 1. The topological polar surface area (TPSA) is 69.6 Å². The molecule has 2 atom stereocenters. The Morgan fingerprint density at radius 2 is 1.94 bits per heavy atom. The maximum absolute atomic E-state index is 11.4. The van der Waals surface area contributed by atoms with Crippen LogP contribution in [0.15, 0.2) is 0 Å². The van der Waals surface area contributed by atoms with Crippen molar-refractivity contribution < 1.29 is 14.7 Å². The molecule has 0 saturated carbocycles. The first-order chi connectivity index (χ1) is 7.57. The van der Waals surface area contributed by atoms with Gasteiger partial charge in [-0.25, -0.2) is 4.79 Å². The molecule has 0 aromatic rings. The lowest BCUT2D eigenvalue weighted by Crippen LogP contribution is -2.52. The smallest absolute Gasteiger partial charge is 0.372 e. The Morgan fingerprint density at radius 1 is 1.38 bits per heavy atom. The van der Waals surface area contributed by atoms with E-state index >= 15 is 0 Å². The molecule has 0 radical (unpaired) electrons. The second-order valence-corrected chi connectivity index (χ2v) is 4.22. The fourth-order valence-electron chi connectivity index (χ4n) is 2.31. The third-order valence-corrected chi connectivity index (χ3v) is 3.24. The van der Waals surface area contributed by atoms with Gasteiger partial charge in [-0.2, -0.15) is 0 Å². The summed E-state index contributed by atoms with van der Waals surface area (Å²) in [5, 5.41) is 12.0. The molecule has 0 spiro atoms. The van der Waals surface area contributed by atoms with E-state index < -0.39 is 17.7 Å². The van der Waals surface area contributed by atoms with Crippen molar-refractivity contribution in [2.24, 2.45) is 5.92 Å². The van der Waals surface area contributed by atoms with Crippen molar-refractivity contribution in [1.82, 2.24) is 10.2 Å². The van der Waals surface area contributed by atoms with Gasteiger partial charge in [0, 0.05) is 38.1 Å². The van der Waals surface area contributed by atoms with E-state index in [1.54, 1.807) is 6.92 Å². The third kappa shape index (κ3) is 3.02. The first-order valence-corrected chi connectivity index (χ1v) is 5.79. The molecule has 1 rings (SSSR count). The molecule has 2 unspecified atom stereocenters. The van der Waals surface area contributed by atoms with Crippen LogP contribution in [0.4, 0.5) is 0 Å². The number of nitrogens with zero attached hydrogens (tertiary/aromatic N) is 1. The summed E-state index contributed by atoms with van der Waals surface area (Å²) in [7, 11) is 0. The summed E-state index contributed by atoms with van der Waals surface area (Å²) >= 11 is 0. The normalized spacial score (nSPS) is 21.4. The van der Waals surface area contributed by atoms with Gasteiger partial charge in [0.2, 0.25) is 5.78 Å². The van der Waals surface area contributed by atoms with Crippen LogP contribution >= 0.6 is 0 Å². The Morgan fingerprint density at radius 3 is 2.38 bits per heavy atom. The number of carboxylic acid groups (broad SMARTS) is 1. The summed E-state index contributed by atoms with van der Waals surface area (Å²) in [4.78, 5) is 24.3. The number of carbonyl (C=O) groups is 2. The molecule has 5 heteroatoms. The van der Waals surface area contributed by atoms with Crippen LogP contribution < -0.4 is 5.32 Å². The van der Waals surface area contributed by atoms with Gasteiger partial charge in [0.15, 0.2) is 0 Å². The number of nitrogens with one attached hydrogen (secondary N) is 1. The highest BCUT2D eigenvalue weighted by atomic mass is 16.4. The lowest BCUT2D eigenvalue weighted by molar-refractivity contribution is -0.152. The molecule has 1 fully saturated rings. The lowest BCUT2D eigenvalue weighted by atomic mass is 9.93. The number of hydrogen-bond acceptors (Lipinski definition) is 4. The minimum absolute atomic E-state index is 0.0469. The van der Waals surface area contributed by atoms with E-state index in [9.17, 15) is 9.59 Å². The van der Waals surface area contributed by atoms with Gasteiger partial charge in [-0.3, -0.25) is 9.69 Å². The minimum atomic E-state index is -1.32. The van der Waals surface area contributed by atoms with Crippen molar-refractivity contribution in [3.63, 3.8) is 0 Å². The van der Waals surface area contributed by atoms with E-state index in [0.717, 1.165) is 32.6 Å². The molecule has 0 aromatic carbocycles. The third-order valence-electron chi connectivity index (χ3n) is 3.24. The molecule has 92 valence electrons. The molecule has 0 aliphatic carbocycles. The quantitative estimate of drug-likeness (QED) is 0.646. The Kier molecular flexibility index (Phi) is 4.89. The van der Waals surface area contributed by atoms with Gasteiger partial charge in [-0.15, -0.1) is 0 Å². The molecule has 0 amide bonds. The zero-order valence-electron chi connectivity index (χ0n) is 9.90. The van der Waals surface area contributed by atoms with Crippen LogP contribution in [0.3, 0.4) is 0 Å². The molecule has 1 aliphatic rings. The van der Waals surface area contributed by atoms with Crippen molar-refractivity contribution in [2.45, 2.75) is 26.3 Å². The van der Waals surface area contributed by atoms with E-state index in [0.29, 0.717) is 0 Å². The van der Waals surface area contributed by atoms with Gasteiger partial charge in [-0.05, 0) is 6.42 Å². The predicted octanol–water partition coefficient (Wildman–Crippen LogP) is -0.0400. The van der Waals surface area contributed by atoms with Crippen molar-refractivity contribution in [1.29, 1.82) is 0 Å². The Bertz CT molecular complexity index is 262. The number of carbonyl (C=O) groups excluding carboxylic acids is 1. The van der Waals surface area contributed by atoms with E-state index in [2.05, 4.69) is 10.2 Å². The van der Waals surface area contributed by atoms with Gasteiger partial charge in [-0.1, -0.05) is 13.8 Å². The van der Waals surface area contributed by atoms with Crippen LogP contribution in [0.2, 0.25) is 0 Å². The van der Waals surface area contributed by atoms with Gasteiger partial charge >= 0.3 is 5.97 Å². The monoisotopic (exact) mass is 228 g/mol. The van der Waals surface area contributed by atoms with E-state index in [4.69, 9.17) is 5.11 Å². The highest BCUT2D eigenvalue weighted by Crippen LogP contribution is 2.16. The number of carboxylic acids is 1. The summed E-state index contributed by atoms with van der Waals surface area (Å²) in [6, 6.07) is 0.0469. The van der Waals surface area contributed by atoms with Crippen molar-refractivity contribution in [2.75, 3.05) is 26.2 Å². The van der Waals surface area contributed by atoms with Crippen LogP contribution in [0.5, 0.6) is 0 Å². The number of Topliss-reactive ketones (excluding diaryl/α,β-unsaturated/α-hetero) is 1. The fourth-order valence-corrected chi connectivity index (χ4v) is 2.31. The van der Waals surface area contributed by atoms with Gasteiger partial charge in [0.25, 0.3) is 0 Å². The number of piperazine rings is 1. The van der Waals surface area contributed by atoms with Gasteiger partial charge < -0.3 is 10.4 Å². The van der Waals surface area contributed by atoms with Crippen molar-refractivity contribution in [3.8, 4) is 0 Å². The molecular formula is C11H20N2O3. The van der Waals surface area contributed by atoms with Crippen molar-refractivity contribution >= 4 is 11.8 Å². The standard InChI is InChI=1S/C11H20N2O3/c1-3-9(8(2)10(14)11(15)16)13-6-4-12-5-7-13/h8-9,12H,3-7H2,1-2H3,(H,15,16). The van der Waals surface area contributed by atoms with Crippen LogP contribution in [-0.4, -0.2) is 54.0 Å². The van der Waals surface area contributed by atoms with E-state index in [-0.39, 0.29) is 6.04 Å². The zero-order chi connectivity index (χ0) is 12.1. The molecule has 16 heavy (non-hydrogen) atoms. The Labute approximate surface area is 95.8 Å². The molecule has 5 nitrogen and oxygen atoms in total. The SMILES string of the molecule is CCC(C(C)C(=O)C(=O)O)N1CCNCC1. The van der Waals surface area contributed by atoms with Crippen LogP contribution in [0.25, 0.3) is 0 Å². The maximum atomic E-state index is 11.4. The molecular weight excluding hydrogens is 208 g/mol. The lowest BCUT2D eigenvalue weighted by Gasteiger charge is -2.36. The summed E-state index contributed by atoms with van der Waals surface area (Å²) in [5.41, 5.74) is 0. The first-order valence-electron chi connectivity index (χ1n) is 5.79. The van der Waals surface area contributed by atoms with E-state index in [1.807, 2.05) is 6.92 Å². The average molecular weight is 228 g/mol. The van der Waals surface area contributed by atoms with E-state index in [1.165, 1.54) is 0 Å². The molecule has 1 saturated heterocycles. The van der Waals surface area contributed by atoms with Crippen LogP contribution in [0, 0.1) is 5.92 Å². The Balaban J connectivity index is 2.64. The maximum Gasteiger partial charge on any atom is 0.372 e. The van der Waals surface area contributed by atoms with Gasteiger partial charge in [0.05, 0.1) is 0 Å². The highest BCUT2D eigenvalue weighted by Gasteiger charge is 2.31. The molecule has 0 aromatic heterocycles. The zero-order valence-corrected chi connectivity index (χ0v) is 9.90. The molecule has 2 N–H and O–H groups in total. The molecule has 1 heterocycles. The number of ketones is 1. The summed E-state index contributed by atoms with van der Waals surface area (Å²) < 4.78 is 0. The van der Waals surface area contributed by atoms with Crippen molar-refractivity contribution in [3.05, 3.63) is 0 Å². The Hall–Kier alpha value is -0.940. The summed E-state index contributed by atoms with van der Waals surface area (Å²) in [5.74, 6) is -2.42. The molecule has 0 bridgehead atoms. The van der Waals surface area contributed by atoms with Crippen LogP contribution in [-0.2, 0) is 9.59 Å². The molecule has 1 aliphatic heterocycles. The fraction of sp³-hybridized carbons (Fsp3) is 0.818. The summed E-state index contributed by atoms with van der Waals surface area (Å²) in [6.45, 7) is 7.30. The van der Waals surface area contributed by atoms with Gasteiger partial charge in [0.1, 0.15) is 0 Å². The first kappa shape index (κ1) is 13.1. The highest BCUT2D eigenvalue weighted by molar-refractivity contribution is 6.33. The minimum Gasteiger partial charge on any atom is -0.475 e. The summed E-state index contributed by atoms with van der Waals surface area (Å²) in [6.07, 6.45) is 0.806. The number of rotatable bonds is 5. The average Bonchev–Trinajstić information content (AvgIpc) is 2.30. The number of hydrogen-bond donors (Lipinski definition) is 2.